The Kier molecular flexibility index (Phi) is 8.63. The summed E-state index contributed by atoms with van der Waals surface area (Å²) in [6.45, 7) is 4.71. The highest BCUT2D eigenvalue weighted by molar-refractivity contribution is 6.11. The first-order chi connectivity index (χ1) is 29.4. The van der Waals surface area contributed by atoms with Crippen LogP contribution in [0, 0.1) is 0 Å². The molecule has 0 bridgehead atoms. The Morgan fingerprint density at radius 3 is 1.88 bits per heavy atom. The third-order valence-electron chi connectivity index (χ3n) is 12.7. The number of nitrogens with two attached hydrogens (primary N) is 1. The number of hydrogen-bond donors (Lipinski definition) is 2. The molecule has 10 aromatic rings. The fourth-order valence-electron chi connectivity index (χ4n) is 9.43. The van der Waals surface area contributed by atoms with Gasteiger partial charge in [0, 0.05) is 16.2 Å². The van der Waals surface area contributed by atoms with Crippen molar-refractivity contribution in [3.63, 3.8) is 0 Å². The van der Waals surface area contributed by atoms with Crippen molar-refractivity contribution in [2.45, 2.75) is 31.5 Å². The van der Waals surface area contributed by atoms with Crippen molar-refractivity contribution in [1.29, 1.82) is 0 Å². The Bertz CT molecular complexity index is 3260. The van der Waals surface area contributed by atoms with E-state index in [1.807, 2.05) is 18.2 Å². The predicted molar refractivity (Wildman–Crippen MR) is 252 cm³/mol. The van der Waals surface area contributed by atoms with Gasteiger partial charge in [0.1, 0.15) is 11.2 Å². The molecule has 0 amide bonds. The molecule has 2 unspecified atom stereocenters. The van der Waals surface area contributed by atoms with Gasteiger partial charge in [-0.1, -0.05) is 178 Å². The largest absolute Gasteiger partial charge is 0.456 e. The van der Waals surface area contributed by atoms with E-state index >= 15 is 0 Å². The van der Waals surface area contributed by atoms with Gasteiger partial charge in [-0.25, -0.2) is 0 Å². The van der Waals surface area contributed by atoms with Gasteiger partial charge < -0.3 is 10.2 Å². The molecule has 9 aromatic carbocycles. The molecule has 3 nitrogen and oxygen atoms in total. The Morgan fingerprint density at radius 1 is 0.500 bits per heavy atom. The van der Waals surface area contributed by atoms with E-state index in [2.05, 4.69) is 201 Å². The number of hydrogen-bond acceptors (Lipinski definition) is 3. The minimum atomic E-state index is -0.347. The molecule has 0 spiro atoms. The van der Waals surface area contributed by atoms with E-state index in [1.165, 1.54) is 54.9 Å². The van der Waals surface area contributed by atoms with Crippen LogP contribution < -0.4 is 11.1 Å². The molecule has 1 aromatic heterocycles. The molecule has 0 aliphatic heterocycles. The summed E-state index contributed by atoms with van der Waals surface area (Å²) in [5.74, 6) is 0. The van der Waals surface area contributed by atoms with Crippen molar-refractivity contribution < 1.29 is 4.42 Å². The van der Waals surface area contributed by atoms with Crippen LogP contribution in [0.5, 0.6) is 0 Å². The molecule has 3 N–H and O–H groups in total. The third kappa shape index (κ3) is 6.22. The number of rotatable bonds is 8. The summed E-state index contributed by atoms with van der Waals surface area (Å²) in [6, 6.07) is 67.5. The summed E-state index contributed by atoms with van der Waals surface area (Å²) < 4.78 is 6.29. The molecular weight excluding hydrogens is 729 g/mol. The fourth-order valence-corrected chi connectivity index (χ4v) is 9.43. The van der Waals surface area contributed by atoms with Crippen LogP contribution >= 0.6 is 0 Å². The van der Waals surface area contributed by atoms with Crippen LogP contribution in [0.2, 0.25) is 0 Å². The molecule has 60 heavy (non-hydrogen) atoms. The van der Waals surface area contributed by atoms with Crippen molar-refractivity contribution in [2.24, 2.45) is 5.73 Å². The van der Waals surface area contributed by atoms with Gasteiger partial charge in [0.2, 0.25) is 0 Å². The lowest BCUT2D eigenvalue weighted by molar-refractivity contribution is 0.509. The Balaban J connectivity index is 0.901. The van der Waals surface area contributed by atoms with E-state index in [0.29, 0.717) is 0 Å². The van der Waals surface area contributed by atoms with Crippen LogP contribution in [0.15, 0.2) is 199 Å². The fraction of sp³-hybridized carbons (Fsp3) is 0.0877. The van der Waals surface area contributed by atoms with E-state index in [1.54, 1.807) is 0 Å². The van der Waals surface area contributed by atoms with Gasteiger partial charge in [0.05, 0.1) is 12.2 Å². The topological polar surface area (TPSA) is 51.2 Å². The summed E-state index contributed by atoms with van der Waals surface area (Å²) in [5, 5.41) is 10.9. The summed E-state index contributed by atoms with van der Waals surface area (Å²) in [5.41, 5.74) is 22.1. The lowest BCUT2D eigenvalue weighted by Gasteiger charge is -2.22. The van der Waals surface area contributed by atoms with Gasteiger partial charge in [-0.05, 0) is 119 Å². The highest BCUT2D eigenvalue weighted by Gasteiger charge is 2.37. The number of furan rings is 1. The van der Waals surface area contributed by atoms with Crippen molar-refractivity contribution in [3.05, 3.63) is 222 Å². The van der Waals surface area contributed by atoms with Crippen LogP contribution in [-0.4, -0.2) is 0 Å². The monoisotopic (exact) mass is 772 g/mol. The number of benzene rings is 9. The predicted octanol–water partition coefficient (Wildman–Crippen LogP) is 14.5. The summed E-state index contributed by atoms with van der Waals surface area (Å²) >= 11 is 0. The minimum Gasteiger partial charge on any atom is -0.456 e. The molecule has 3 heteroatoms. The van der Waals surface area contributed by atoms with E-state index in [4.69, 9.17) is 10.2 Å². The molecular formula is C57H44N2O. The first kappa shape index (κ1) is 36.1. The highest BCUT2D eigenvalue weighted by Crippen LogP contribution is 2.53. The lowest BCUT2D eigenvalue weighted by Crippen LogP contribution is -2.31. The first-order valence-electron chi connectivity index (χ1n) is 20.9. The van der Waals surface area contributed by atoms with Crippen molar-refractivity contribution in [2.75, 3.05) is 0 Å². The zero-order valence-corrected chi connectivity index (χ0v) is 33.7. The van der Waals surface area contributed by atoms with Crippen molar-refractivity contribution >= 4 is 49.6 Å². The minimum absolute atomic E-state index is 0.0772. The van der Waals surface area contributed by atoms with E-state index in [9.17, 15) is 0 Å². The van der Waals surface area contributed by atoms with Gasteiger partial charge >= 0.3 is 0 Å². The van der Waals surface area contributed by atoms with Crippen molar-refractivity contribution in [1.82, 2.24) is 5.32 Å². The van der Waals surface area contributed by atoms with Crippen LogP contribution in [-0.2, 0) is 5.41 Å². The maximum absolute atomic E-state index is 6.80. The third-order valence-corrected chi connectivity index (χ3v) is 12.7. The molecule has 0 radical (unpaired) electrons. The summed E-state index contributed by atoms with van der Waals surface area (Å²) in [6.07, 6.45) is 4.08. The Labute approximate surface area is 350 Å². The molecule has 1 heterocycles. The SMILES string of the molecule is CC1(C)c2cc3ccccc3cc2-c2c(-c3ccc(/C=C/C(NC(N)c4ccccc4)c4ccc(-c5ccc6oc7cc8ccccc8cc7c6c5)cc4)cc3)cccc21. The molecule has 288 valence electrons. The molecule has 11 rings (SSSR count). The average Bonchev–Trinajstić information content (AvgIpc) is 3.76. The second-order valence-corrected chi connectivity index (χ2v) is 16.7. The first-order valence-corrected chi connectivity index (χ1v) is 20.9. The van der Waals surface area contributed by atoms with Crippen molar-refractivity contribution in [3.8, 4) is 33.4 Å². The van der Waals surface area contributed by atoms with Crippen LogP contribution in [0.25, 0.3) is 82.9 Å². The number of nitrogens with one attached hydrogen (secondary N) is 1. The molecule has 0 saturated carbocycles. The number of fused-ring (bicyclic) bond motifs is 8. The van der Waals surface area contributed by atoms with E-state index in [0.717, 1.165) is 49.8 Å². The quantitative estimate of drug-likeness (QED) is 0.151. The van der Waals surface area contributed by atoms with Gasteiger partial charge in [-0.15, -0.1) is 0 Å². The molecule has 0 saturated heterocycles. The summed E-state index contributed by atoms with van der Waals surface area (Å²) in [7, 11) is 0. The molecule has 1 aliphatic rings. The maximum Gasteiger partial charge on any atom is 0.136 e. The smallest absolute Gasteiger partial charge is 0.136 e. The van der Waals surface area contributed by atoms with Gasteiger partial charge in [-0.3, -0.25) is 5.32 Å². The molecule has 1 aliphatic carbocycles. The second kappa shape index (κ2) is 14.4. The average molecular weight is 773 g/mol. The van der Waals surface area contributed by atoms with Crippen LogP contribution in [0.3, 0.4) is 0 Å². The molecule has 2 atom stereocenters. The standard InChI is InChI=1S/C57H44N2O/c1-57(2)50-18-10-17-46(55(50)49-33-42-14-6-8-15-43(42)34-51(49)57)38-22-19-36(20-23-38)21-29-52(59-56(58)40-11-4-3-5-12-40)39-26-24-37(25-27-39)45-28-30-53-47(32-45)48-31-41-13-7-9-16-44(41)35-54(48)60-53/h3-35,52,56,59H,58H2,1-2H3/b29-21+. The molecule has 0 fully saturated rings. The van der Waals surface area contributed by atoms with Gasteiger partial charge in [0.25, 0.3) is 0 Å². The normalized spacial score (nSPS) is 14.2. The zero-order valence-electron chi connectivity index (χ0n) is 33.7. The Hall–Kier alpha value is -7.04. The maximum atomic E-state index is 6.80. The van der Waals surface area contributed by atoms with Gasteiger partial charge in [0.15, 0.2) is 0 Å². The van der Waals surface area contributed by atoms with E-state index < -0.39 is 0 Å². The van der Waals surface area contributed by atoms with Gasteiger partial charge in [-0.2, -0.15) is 0 Å². The Morgan fingerprint density at radius 2 is 1.13 bits per heavy atom. The highest BCUT2D eigenvalue weighted by atomic mass is 16.3. The second-order valence-electron chi connectivity index (χ2n) is 16.7. The summed E-state index contributed by atoms with van der Waals surface area (Å²) in [4.78, 5) is 0. The lowest BCUT2D eigenvalue weighted by atomic mass is 9.81. The van der Waals surface area contributed by atoms with Crippen LogP contribution in [0.1, 0.15) is 53.9 Å². The zero-order chi connectivity index (χ0) is 40.4. The van der Waals surface area contributed by atoms with E-state index in [-0.39, 0.29) is 17.6 Å². The van der Waals surface area contributed by atoms with Crippen LogP contribution in [0.4, 0.5) is 0 Å².